The van der Waals surface area contributed by atoms with E-state index >= 15 is 0 Å². The summed E-state index contributed by atoms with van der Waals surface area (Å²) in [7, 11) is -3.81. The van der Waals surface area contributed by atoms with Crippen LogP contribution in [0.5, 0.6) is 0 Å². The second kappa shape index (κ2) is 8.62. The van der Waals surface area contributed by atoms with Crippen LogP contribution in [0.15, 0.2) is 82.2 Å². The highest BCUT2D eigenvalue weighted by atomic mass is 79.9. The van der Waals surface area contributed by atoms with Crippen molar-refractivity contribution in [3.8, 4) is 0 Å². The van der Waals surface area contributed by atoms with Crippen LogP contribution in [0, 0.1) is 0 Å². The maximum atomic E-state index is 12.9. The Morgan fingerprint density at radius 3 is 2.53 bits per heavy atom. The Morgan fingerprint density at radius 1 is 0.967 bits per heavy atom. The molecule has 7 heteroatoms. The number of benzene rings is 3. The van der Waals surface area contributed by atoms with Crippen molar-refractivity contribution in [3.05, 3.63) is 94.0 Å². The predicted molar refractivity (Wildman–Crippen MR) is 121 cm³/mol. The van der Waals surface area contributed by atoms with E-state index in [1.165, 1.54) is 17.7 Å². The van der Waals surface area contributed by atoms with Gasteiger partial charge in [-0.2, -0.15) is 0 Å². The van der Waals surface area contributed by atoms with Crippen LogP contribution < -0.4 is 10.0 Å². The van der Waals surface area contributed by atoms with E-state index in [1.807, 2.05) is 18.2 Å². The van der Waals surface area contributed by atoms with Gasteiger partial charge in [0.2, 0.25) is 0 Å². The minimum atomic E-state index is -3.81. The molecule has 0 spiro atoms. The number of sulfonamides is 1. The second-order valence-corrected chi connectivity index (χ2v) is 9.86. The molecule has 4 rings (SSSR count). The topological polar surface area (TPSA) is 75.3 Å². The summed E-state index contributed by atoms with van der Waals surface area (Å²) in [6.07, 6.45) is 2.89. The fraction of sp³-hybridized carbons (Fsp3) is 0.174. The Kier molecular flexibility index (Phi) is 5.92. The maximum Gasteiger partial charge on any atom is 0.261 e. The molecule has 1 amide bonds. The van der Waals surface area contributed by atoms with Crippen molar-refractivity contribution < 1.29 is 13.2 Å². The Labute approximate surface area is 184 Å². The van der Waals surface area contributed by atoms with Gasteiger partial charge in [-0.3, -0.25) is 9.52 Å². The molecule has 3 aromatic rings. The number of nitrogens with one attached hydrogen (secondary N) is 2. The molecule has 3 aromatic carbocycles. The summed E-state index contributed by atoms with van der Waals surface area (Å²) in [5, 5.41) is 3.07. The third-order valence-corrected chi connectivity index (χ3v) is 7.09. The molecule has 1 aliphatic rings. The van der Waals surface area contributed by atoms with Crippen molar-refractivity contribution >= 4 is 37.5 Å². The number of amides is 1. The van der Waals surface area contributed by atoms with E-state index in [1.54, 1.807) is 36.4 Å². The molecule has 0 heterocycles. The molecule has 154 valence electrons. The number of fused-ring (bicyclic) bond motifs is 1. The monoisotopic (exact) mass is 484 g/mol. The third kappa shape index (κ3) is 4.57. The van der Waals surface area contributed by atoms with Crippen LogP contribution >= 0.6 is 15.9 Å². The Hall–Kier alpha value is -2.64. The van der Waals surface area contributed by atoms with Crippen LogP contribution in [-0.2, 0) is 16.4 Å². The van der Waals surface area contributed by atoms with Gasteiger partial charge in [0.15, 0.2) is 0 Å². The van der Waals surface area contributed by atoms with Gasteiger partial charge >= 0.3 is 0 Å². The molecule has 0 radical (unpaired) electrons. The lowest BCUT2D eigenvalue weighted by Crippen LogP contribution is -2.31. The van der Waals surface area contributed by atoms with Crippen LogP contribution in [0.1, 0.15) is 40.4 Å². The lowest BCUT2D eigenvalue weighted by Gasteiger charge is -2.26. The number of rotatable bonds is 5. The molecule has 1 aliphatic carbocycles. The summed E-state index contributed by atoms with van der Waals surface area (Å²) < 4.78 is 28.9. The number of halogens is 1. The van der Waals surface area contributed by atoms with Crippen LogP contribution in [0.25, 0.3) is 0 Å². The minimum absolute atomic E-state index is 0.0436. The summed E-state index contributed by atoms with van der Waals surface area (Å²) in [6, 6.07) is 21.0. The van der Waals surface area contributed by atoms with Crippen molar-refractivity contribution in [1.82, 2.24) is 5.32 Å². The number of anilines is 1. The maximum absolute atomic E-state index is 12.9. The molecule has 0 aliphatic heterocycles. The Morgan fingerprint density at radius 2 is 1.73 bits per heavy atom. The lowest BCUT2D eigenvalue weighted by molar-refractivity contribution is 0.0932. The van der Waals surface area contributed by atoms with E-state index in [0.29, 0.717) is 11.3 Å². The van der Waals surface area contributed by atoms with Gasteiger partial charge in [-0.25, -0.2) is 8.42 Å². The summed E-state index contributed by atoms with van der Waals surface area (Å²) in [5.74, 6) is -0.280. The average molecular weight is 485 g/mol. The fourth-order valence-corrected chi connectivity index (χ4v) is 5.05. The van der Waals surface area contributed by atoms with Crippen molar-refractivity contribution in [2.75, 3.05) is 4.72 Å². The molecule has 1 atom stereocenters. The van der Waals surface area contributed by atoms with Gasteiger partial charge < -0.3 is 5.32 Å². The number of aryl methyl sites for hydroxylation is 1. The first-order valence-electron chi connectivity index (χ1n) is 9.69. The highest BCUT2D eigenvalue weighted by Gasteiger charge is 2.23. The van der Waals surface area contributed by atoms with E-state index in [-0.39, 0.29) is 16.8 Å². The van der Waals surface area contributed by atoms with Crippen LogP contribution in [0.2, 0.25) is 0 Å². The molecule has 0 saturated carbocycles. The Bertz CT molecular complexity index is 1180. The van der Waals surface area contributed by atoms with E-state index < -0.39 is 10.0 Å². The molecular formula is C23H21BrN2O3S. The predicted octanol–water partition coefficient (Wildman–Crippen LogP) is 5.06. The number of hydrogen-bond acceptors (Lipinski definition) is 3. The molecule has 30 heavy (non-hydrogen) atoms. The fourth-order valence-electron chi connectivity index (χ4n) is 3.68. The normalized spacial score (nSPS) is 15.8. The zero-order valence-electron chi connectivity index (χ0n) is 16.1. The molecule has 0 unspecified atom stereocenters. The van der Waals surface area contributed by atoms with Crippen LogP contribution in [0.3, 0.4) is 0 Å². The van der Waals surface area contributed by atoms with Gasteiger partial charge in [0, 0.05) is 15.7 Å². The highest BCUT2D eigenvalue weighted by Crippen LogP contribution is 2.29. The molecule has 0 aromatic heterocycles. The van der Waals surface area contributed by atoms with E-state index in [2.05, 4.69) is 32.0 Å². The molecule has 0 bridgehead atoms. The smallest absolute Gasteiger partial charge is 0.261 e. The first-order chi connectivity index (χ1) is 14.4. The first-order valence-corrected chi connectivity index (χ1v) is 12.0. The molecule has 5 nitrogen and oxygen atoms in total. The van der Waals surface area contributed by atoms with Crippen molar-refractivity contribution in [2.24, 2.45) is 0 Å². The standard InChI is InChI=1S/C23H21BrN2O3S/c24-18-11-13-19(14-12-18)26-30(28,29)20-8-3-7-17(15-20)23(27)25-22-10-4-6-16-5-1-2-9-21(16)22/h1-3,5,7-9,11-15,22,26H,4,6,10H2,(H,25,27)/t22-/m0/s1. The summed E-state index contributed by atoms with van der Waals surface area (Å²) in [5.41, 5.74) is 3.16. The van der Waals surface area contributed by atoms with E-state index in [0.717, 1.165) is 29.3 Å². The van der Waals surface area contributed by atoms with E-state index in [4.69, 9.17) is 0 Å². The summed E-state index contributed by atoms with van der Waals surface area (Å²) in [4.78, 5) is 12.9. The quantitative estimate of drug-likeness (QED) is 0.531. The van der Waals surface area contributed by atoms with Gasteiger partial charge in [-0.15, -0.1) is 0 Å². The van der Waals surface area contributed by atoms with Crippen molar-refractivity contribution in [3.63, 3.8) is 0 Å². The third-order valence-electron chi connectivity index (χ3n) is 5.18. The molecule has 0 fully saturated rings. The lowest BCUT2D eigenvalue weighted by atomic mass is 9.87. The van der Waals surface area contributed by atoms with Gasteiger partial charge in [0.05, 0.1) is 10.9 Å². The van der Waals surface area contributed by atoms with Crippen LogP contribution in [0.4, 0.5) is 5.69 Å². The minimum Gasteiger partial charge on any atom is -0.345 e. The second-order valence-electron chi connectivity index (χ2n) is 7.26. The van der Waals surface area contributed by atoms with Gasteiger partial charge in [-0.05, 0) is 72.9 Å². The average Bonchev–Trinajstić information content (AvgIpc) is 2.75. The first kappa shape index (κ1) is 20.6. The number of hydrogen-bond donors (Lipinski definition) is 2. The van der Waals surface area contributed by atoms with Crippen molar-refractivity contribution in [1.29, 1.82) is 0 Å². The SMILES string of the molecule is O=C(N[C@H]1CCCc2ccccc21)c1cccc(S(=O)(=O)Nc2ccc(Br)cc2)c1. The molecular weight excluding hydrogens is 464 g/mol. The van der Waals surface area contributed by atoms with E-state index in [9.17, 15) is 13.2 Å². The van der Waals surface area contributed by atoms with Crippen LogP contribution in [-0.4, -0.2) is 14.3 Å². The number of carbonyl (C=O) groups excluding carboxylic acids is 1. The van der Waals surface area contributed by atoms with Crippen molar-refractivity contribution in [2.45, 2.75) is 30.2 Å². The Balaban J connectivity index is 1.53. The number of carbonyl (C=O) groups is 1. The summed E-state index contributed by atoms with van der Waals surface area (Å²) in [6.45, 7) is 0. The van der Waals surface area contributed by atoms with Gasteiger partial charge in [0.25, 0.3) is 15.9 Å². The van der Waals surface area contributed by atoms with Gasteiger partial charge in [0.1, 0.15) is 0 Å². The molecule has 2 N–H and O–H groups in total. The largest absolute Gasteiger partial charge is 0.345 e. The van der Waals surface area contributed by atoms with Gasteiger partial charge in [-0.1, -0.05) is 46.3 Å². The zero-order valence-corrected chi connectivity index (χ0v) is 18.5. The molecule has 0 saturated heterocycles. The zero-order chi connectivity index (χ0) is 21.1. The summed E-state index contributed by atoms with van der Waals surface area (Å²) >= 11 is 3.32. The highest BCUT2D eigenvalue weighted by molar-refractivity contribution is 9.10.